The molecule has 11 heavy (non-hydrogen) atoms. The molecule has 1 aromatic rings. The second kappa shape index (κ2) is 3.91. The van der Waals surface area contributed by atoms with Crippen molar-refractivity contribution in [2.75, 3.05) is 6.61 Å². The van der Waals surface area contributed by atoms with Crippen LogP contribution in [-0.2, 0) is 0 Å². The topological polar surface area (TPSA) is 9.23 Å². The highest BCUT2D eigenvalue weighted by atomic mass is 16.5. The van der Waals surface area contributed by atoms with Crippen molar-refractivity contribution in [3.63, 3.8) is 0 Å². The van der Waals surface area contributed by atoms with Gasteiger partial charge in [0.2, 0.25) is 0 Å². The van der Waals surface area contributed by atoms with E-state index in [2.05, 4.69) is 13.8 Å². The molecule has 0 aliphatic rings. The molecular weight excluding hydrogens is 136 g/mol. The number of hydrogen-bond acceptors (Lipinski definition) is 1. The van der Waals surface area contributed by atoms with E-state index in [0.717, 1.165) is 12.2 Å². The normalized spacial score (nSPS) is 9.55. The van der Waals surface area contributed by atoms with E-state index in [9.17, 15) is 0 Å². The minimum atomic E-state index is 0.697. The van der Waals surface area contributed by atoms with Gasteiger partial charge in [0.1, 0.15) is 18.8 Å². The van der Waals surface area contributed by atoms with Crippen LogP contribution in [0.1, 0.15) is 12.0 Å². The minimum absolute atomic E-state index is 0.697. The summed E-state index contributed by atoms with van der Waals surface area (Å²) in [4.78, 5) is 0. The Kier molecular flexibility index (Phi) is 2.84. The van der Waals surface area contributed by atoms with Gasteiger partial charge in [0, 0.05) is 0 Å². The van der Waals surface area contributed by atoms with Crippen LogP contribution in [0.25, 0.3) is 0 Å². The van der Waals surface area contributed by atoms with Crippen LogP contribution in [0.2, 0.25) is 0 Å². The van der Waals surface area contributed by atoms with Crippen molar-refractivity contribution in [2.45, 2.75) is 13.3 Å². The van der Waals surface area contributed by atoms with Gasteiger partial charge >= 0.3 is 0 Å². The molecule has 0 bridgehead atoms. The highest BCUT2D eigenvalue weighted by molar-refractivity contribution is 5.26. The van der Waals surface area contributed by atoms with Crippen LogP contribution in [0.4, 0.5) is 0 Å². The zero-order valence-corrected chi connectivity index (χ0v) is 6.84. The maximum atomic E-state index is 5.35. The summed E-state index contributed by atoms with van der Waals surface area (Å²) in [7, 11) is 0. The standard InChI is InChI=1S/C10H13O/c1-3-8-11-10-6-4-9(2)5-7-10/h4-7H,1,3,8H2,2H3/q+1. The quantitative estimate of drug-likeness (QED) is 0.600. The van der Waals surface area contributed by atoms with Gasteiger partial charge in [0.15, 0.2) is 0 Å². The second-order valence-corrected chi connectivity index (χ2v) is 2.52. The van der Waals surface area contributed by atoms with Crippen LogP contribution in [-0.4, -0.2) is 6.61 Å². The van der Waals surface area contributed by atoms with E-state index in [1.54, 1.807) is 0 Å². The monoisotopic (exact) mass is 149 g/mol. The van der Waals surface area contributed by atoms with Crippen LogP contribution in [0.15, 0.2) is 24.3 Å². The Morgan fingerprint density at radius 1 is 1.27 bits per heavy atom. The number of hydrogen-bond donors (Lipinski definition) is 0. The van der Waals surface area contributed by atoms with Crippen molar-refractivity contribution in [3.05, 3.63) is 36.8 Å². The van der Waals surface area contributed by atoms with Gasteiger partial charge in [0.05, 0.1) is 6.92 Å². The molecule has 0 heterocycles. The van der Waals surface area contributed by atoms with Crippen LogP contribution in [0, 0.1) is 13.8 Å². The second-order valence-electron chi connectivity index (χ2n) is 2.52. The minimum Gasteiger partial charge on any atom is -0.489 e. The molecule has 0 spiro atoms. The third kappa shape index (κ3) is 2.54. The zero-order valence-electron chi connectivity index (χ0n) is 6.84. The van der Waals surface area contributed by atoms with Crippen molar-refractivity contribution in [2.24, 2.45) is 0 Å². The number of benzene rings is 1. The molecule has 1 aromatic carbocycles. The van der Waals surface area contributed by atoms with Gasteiger partial charge in [-0.25, -0.2) is 0 Å². The van der Waals surface area contributed by atoms with Gasteiger partial charge in [-0.05, 0) is 19.1 Å². The lowest BCUT2D eigenvalue weighted by Crippen LogP contribution is -1.94. The molecule has 0 radical (unpaired) electrons. The fourth-order valence-corrected chi connectivity index (χ4v) is 0.825. The Bertz CT molecular complexity index is 201. The summed E-state index contributed by atoms with van der Waals surface area (Å²) >= 11 is 0. The Balaban J connectivity index is 2.52. The summed E-state index contributed by atoms with van der Waals surface area (Å²) in [5.41, 5.74) is 1.26. The molecule has 0 aliphatic heterocycles. The van der Waals surface area contributed by atoms with Crippen LogP contribution < -0.4 is 4.74 Å². The molecule has 58 valence electrons. The van der Waals surface area contributed by atoms with E-state index in [0.29, 0.717) is 6.61 Å². The van der Waals surface area contributed by atoms with Gasteiger partial charge in [-0.1, -0.05) is 17.7 Å². The maximum absolute atomic E-state index is 5.35. The van der Waals surface area contributed by atoms with Gasteiger partial charge in [-0.3, -0.25) is 0 Å². The molecule has 0 unspecified atom stereocenters. The summed E-state index contributed by atoms with van der Waals surface area (Å²) < 4.78 is 5.35. The van der Waals surface area contributed by atoms with Gasteiger partial charge in [0.25, 0.3) is 0 Å². The Morgan fingerprint density at radius 3 is 2.45 bits per heavy atom. The maximum Gasteiger partial charge on any atom is 0.128 e. The average Bonchev–Trinajstić information content (AvgIpc) is 2.04. The summed E-state index contributed by atoms with van der Waals surface area (Å²) in [5.74, 6) is 0.930. The molecule has 1 heteroatoms. The third-order valence-electron chi connectivity index (χ3n) is 1.43. The average molecular weight is 149 g/mol. The van der Waals surface area contributed by atoms with E-state index in [1.165, 1.54) is 5.56 Å². The third-order valence-corrected chi connectivity index (χ3v) is 1.43. The van der Waals surface area contributed by atoms with Crippen LogP contribution in [0.3, 0.4) is 0 Å². The fourth-order valence-electron chi connectivity index (χ4n) is 0.825. The molecule has 0 aliphatic carbocycles. The van der Waals surface area contributed by atoms with Crippen LogP contribution >= 0.6 is 0 Å². The highest BCUT2D eigenvalue weighted by Crippen LogP contribution is 2.11. The Hall–Kier alpha value is -1.11. The fraction of sp³-hybridized carbons (Fsp3) is 0.300. The predicted molar refractivity (Wildman–Crippen MR) is 46.6 cm³/mol. The first-order valence-corrected chi connectivity index (χ1v) is 3.81. The Morgan fingerprint density at radius 2 is 1.91 bits per heavy atom. The zero-order chi connectivity index (χ0) is 8.10. The molecule has 0 N–H and O–H groups in total. The van der Waals surface area contributed by atoms with Gasteiger partial charge in [-0.15, -0.1) is 0 Å². The highest BCUT2D eigenvalue weighted by Gasteiger charge is 1.91. The first kappa shape index (κ1) is 7.99. The van der Waals surface area contributed by atoms with Crippen molar-refractivity contribution >= 4 is 0 Å². The molecule has 0 atom stereocenters. The van der Waals surface area contributed by atoms with Gasteiger partial charge < -0.3 is 4.74 Å². The molecule has 0 saturated heterocycles. The lowest BCUT2D eigenvalue weighted by Gasteiger charge is -2.01. The van der Waals surface area contributed by atoms with E-state index in [4.69, 9.17) is 4.74 Å². The van der Waals surface area contributed by atoms with Crippen molar-refractivity contribution in [1.82, 2.24) is 0 Å². The van der Waals surface area contributed by atoms with E-state index in [1.807, 2.05) is 24.3 Å². The van der Waals surface area contributed by atoms with Crippen molar-refractivity contribution in [3.8, 4) is 5.75 Å². The summed E-state index contributed by atoms with van der Waals surface area (Å²) in [5, 5.41) is 0. The van der Waals surface area contributed by atoms with E-state index in [-0.39, 0.29) is 0 Å². The number of ether oxygens (including phenoxy) is 1. The smallest absolute Gasteiger partial charge is 0.128 e. The first-order valence-electron chi connectivity index (χ1n) is 3.81. The largest absolute Gasteiger partial charge is 0.489 e. The van der Waals surface area contributed by atoms with Crippen LogP contribution in [0.5, 0.6) is 5.75 Å². The first-order chi connectivity index (χ1) is 5.33. The number of aryl methyl sites for hydroxylation is 1. The molecular formula is C10H13O+. The lowest BCUT2D eigenvalue weighted by atomic mass is 10.2. The predicted octanol–water partition coefficient (Wildman–Crippen LogP) is 2.60. The SMILES string of the molecule is [CH2+]CCOc1ccc(C)cc1. The van der Waals surface area contributed by atoms with Crippen molar-refractivity contribution in [1.29, 1.82) is 0 Å². The van der Waals surface area contributed by atoms with E-state index < -0.39 is 0 Å². The molecule has 0 aromatic heterocycles. The molecule has 1 nitrogen and oxygen atoms in total. The van der Waals surface area contributed by atoms with Crippen molar-refractivity contribution < 1.29 is 4.74 Å². The van der Waals surface area contributed by atoms with E-state index >= 15 is 0 Å². The summed E-state index contributed by atoms with van der Waals surface area (Å²) in [6.45, 7) is 6.45. The summed E-state index contributed by atoms with van der Waals surface area (Å²) in [6, 6.07) is 8.03. The Labute approximate surface area is 68.0 Å². The molecule has 0 amide bonds. The molecule has 0 saturated carbocycles. The summed E-state index contributed by atoms with van der Waals surface area (Å²) in [6.07, 6.45) is 0.813. The molecule has 1 rings (SSSR count). The lowest BCUT2D eigenvalue weighted by molar-refractivity contribution is 0.324. The van der Waals surface area contributed by atoms with Gasteiger partial charge in [-0.2, -0.15) is 0 Å². The number of rotatable bonds is 3. The molecule has 0 fully saturated rings.